The van der Waals surface area contributed by atoms with Gasteiger partial charge in [-0.05, 0) is 57.9 Å². The molecule has 1 aromatic rings. The largest absolute Gasteiger partial charge is 0.314 e. The Kier molecular flexibility index (Phi) is 6.12. The van der Waals surface area contributed by atoms with Gasteiger partial charge in [0.15, 0.2) is 0 Å². The number of aryl methyl sites for hydroxylation is 2. The van der Waals surface area contributed by atoms with Crippen molar-refractivity contribution in [3.05, 3.63) is 16.4 Å². The van der Waals surface area contributed by atoms with Crippen LogP contribution in [0.2, 0.25) is 5.02 Å². The Bertz CT molecular complexity index is 455. The van der Waals surface area contributed by atoms with Crippen molar-refractivity contribution in [2.45, 2.75) is 72.4 Å². The molecule has 0 saturated heterocycles. The fourth-order valence-electron chi connectivity index (χ4n) is 3.80. The molecular formula is C17H30ClN3. The summed E-state index contributed by atoms with van der Waals surface area (Å²) < 4.78 is 2.09. The average molecular weight is 312 g/mol. The number of aromatic nitrogens is 2. The van der Waals surface area contributed by atoms with Gasteiger partial charge in [0.25, 0.3) is 0 Å². The minimum Gasteiger partial charge on any atom is -0.314 e. The van der Waals surface area contributed by atoms with Crippen LogP contribution in [0.4, 0.5) is 0 Å². The zero-order valence-electron chi connectivity index (χ0n) is 14.0. The second-order valence-corrected chi connectivity index (χ2v) is 6.76. The molecule has 1 fully saturated rings. The zero-order chi connectivity index (χ0) is 15.4. The van der Waals surface area contributed by atoms with Crippen molar-refractivity contribution < 1.29 is 0 Å². The summed E-state index contributed by atoms with van der Waals surface area (Å²) in [6, 6.07) is 0.634. The molecular weight excluding hydrogens is 282 g/mol. The first-order valence-corrected chi connectivity index (χ1v) is 8.93. The summed E-state index contributed by atoms with van der Waals surface area (Å²) in [5, 5.41) is 9.14. The Hall–Kier alpha value is -0.540. The van der Waals surface area contributed by atoms with E-state index in [1.807, 2.05) is 6.92 Å². The van der Waals surface area contributed by atoms with Crippen LogP contribution in [0.15, 0.2) is 0 Å². The predicted octanol–water partition coefficient (Wildman–Crippen LogP) is 4.21. The molecule has 0 radical (unpaired) electrons. The zero-order valence-corrected chi connectivity index (χ0v) is 14.7. The van der Waals surface area contributed by atoms with E-state index in [1.54, 1.807) is 0 Å². The van der Waals surface area contributed by atoms with E-state index in [0.717, 1.165) is 36.1 Å². The van der Waals surface area contributed by atoms with E-state index in [9.17, 15) is 0 Å². The highest BCUT2D eigenvalue weighted by molar-refractivity contribution is 6.31. The van der Waals surface area contributed by atoms with Gasteiger partial charge in [0.1, 0.15) is 0 Å². The predicted molar refractivity (Wildman–Crippen MR) is 89.9 cm³/mol. The molecule has 1 aliphatic carbocycles. The lowest BCUT2D eigenvalue weighted by atomic mass is 9.75. The molecule has 1 aromatic heterocycles. The van der Waals surface area contributed by atoms with Crippen LogP contribution in [-0.4, -0.2) is 22.4 Å². The van der Waals surface area contributed by atoms with Gasteiger partial charge in [0, 0.05) is 12.6 Å². The van der Waals surface area contributed by atoms with Gasteiger partial charge in [-0.15, -0.1) is 0 Å². The molecule has 3 nitrogen and oxygen atoms in total. The summed E-state index contributed by atoms with van der Waals surface area (Å²) in [7, 11) is 0. The molecule has 1 N–H and O–H groups in total. The van der Waals surface area contributed by atoms with Gasteiger partial charge >= 0.3 is 0 Å². The summed E-state index contributed by atoms with van der Waals surface area (Å²) in [5.41, 5.74) is 2.21. The first-order chi connectivity index (χ1) is 10.1. The molecule has 0 bridgehead atoms. The summed E-state index contributed by atoms with van der Waals surface area (Å²) >= 11 is 6.50. The smallest absolute Gasteiger partial charge is 0.0847 e. The number of nitrogens with zero attached hydrogens (tertiary/aromatic N) is 2. The minimum absolute atomic E-state index is 0.634. The van der Waals surface area contributed by atoms with Crippen LogP contribution in [0.25, 0.3) is 0 Å². The van der Waals surface area contributed by atoms with Crippen LogP contribution in [-0.2, 0) is 13.0 Å². The molecule has 0 aliphatic heterocycles. The third-order valence-electron chi connectivity index (χ3n) is 5.04. The molecule has 120 valence electrons. The molecule has 0 aromatic carbocycles. The minimum atomic E-state index is 0.634. The van der Waals surface area contributed by atoms with Crippen molar-refractivity contribution >= 4 is 11.6 Å². The SMILES string of the molecule is CCNC1CCC(CC)CC1Cc1c(Cl)c(C)nn1CC. The number of hydrogen-bond acceptors (Lipinski definition) is 2. The van der Waals surface area contributed by atoms with Crippen molar-refractivity contribution in [2.24, 2.45) is 11.8 Å². The fourth-order valence-corrected chi connectivity index (χ4v) is 4.01. The van der Waals surface area contributed by atoms with Crippen LogP contribution >= 0.6 is 11.6 Å². The standard InChI is InChI=1S/C17H30ClN3/c1-5-13-8-9-15(19-6-2)14(10-13)11-16-17(18)12(4)20-21(16)7-3/h13-15,19H,5-11H2,1-4H3. The first kappa shape index (κ1) is 16.8. The Morgan fingerprint density at radius 3 is 2.67 bits per heavy atom. The van der Waals surface area contributed by atoms with Crippen molar-refractivity contribution in [3.63, 3.8) is 0 Å². The molecule has 0 spiro atoms. The van der Waals surface area contributed by atoms with E-state index in [-0.39, 0.29) is 0 Å². The van der Waals surface area contributed by atoms with Gasteiger partial charge < -0.3 is 5.32 Å². The maximum absolute atomic E-state index is 6.50. The number of hydrogen-bond donors (Lipinski definition) is 1. The second kappa shape index (κ2) is 7.64. The van der Waals surface area contributed by atoms with E-state index < -0.39 is 0 Å². The van der Waals surface area contributed by atoms with Gasteiger partial charge in [-0.3, -0.25) is 4.68 Å². The molecule has 3 atom stereocenters. The Morgan fingerprint density at radius 2 is 2.05 bits per heavy atom. The summed E-state index contributed by atoms with van der Waals surface area (Å²) in [6.07, 6.45) is 6.34. The van der Waals surface area contributed by atoms with Crippen LogP contribution in [0.5, 0.6) is 0 Å². The maximum Gasteiger partial charge on any atom is 0.0847 e. The van der Waals surface area contributed by atoms with Crippen molar-refractivity contribution in [3.8, 4) is 0 Å². The second-order valence-electron chi connectivity index (χ2n) is 6.38. The van der Waals surface area contributed by atoms with Gasteiger partial charge in [-0.2, -0.15) is 5.10 Å². The Labute approximate surface area is 134 Å². The average Bonchev–Trinajstić information content (AvgIpc) is 2.76. The third-order valence-corrected chi connectivity index (χ3v) is 5.53. The van der Waals surface area contributed by atoms with Crippen molar-refractivity contribution in [1.82, 2.24) is 15.1 Å². The van der Waals surface area contributed by atoms with E-state index in [4.69, 9.17) is 11.6 Å². The fraction of sp³-hybridized carbons (Fsp3) is 0.824. The highest BCUT2D eigenvalue weighted by atomic mass is 35.5. The van der Waals surface area contributed by atoms with Crippen LogP contribution in [0, 0.1) is 18.8 Å². The maximum atomic E-state index is 6.50. The van der Waals surface area contributed by atoms with Gasteiger partial charge in [0.05, 0.1) is 16.4 Å². The Balaban J connectivity index is 2.17. The molecule has 2 rings (SSSR count). The molecule has 3 unspecified atom stereocenters. The third kappa shape index (κ3) is 3.81. The van der Waals surface area contributed by atoms with Crippen LogP contribution < -0.4 is 5.32 Å². The highest BCUT2D eigenvalue weighted by Gasteiger charge is 2.31. The molecule has 1 heterocycles. The van der Waals surface area contributed by atoms with Gasteiger partial charge in [-0.25, -0.2) is 0 Å². The molecule has 1 aliphatic rings. The summed E-state index contributed by atoms with van der Waals surface area (Å²) in [6.45, 7) is 10.6. The van der Waals surface area contributed by atoms with Crippen LogP contribution in [0.1, 0.15) is 57.8 Å². The van der Waals surface area contributed by atoms with Gasteiger partial charge in [-0.1, -0.05) is 31.9 Å². The lowest BCUT2D eigenvalue weighted by Crippen LogP contribution is -2.41. The van der Waals surface area contributed by atoms with E-state index in [2.05, 4.69) is 35.9 Å². The van der Waals surface area contributed by atoms with Crippen molar-refractivity contribution in [2.75, 3.05) is 6.54 Å². The molecule has 21 heavy (non-hydrogen) atoms. The monoisotopic (exact) mass is 311 g/mol. The number of halogens is 1. The summed E-state index contributed by atoms with van der Waals surface area (Å²) in [4.78, 5) is 0. The highest BCUT2D eigenvalue weighted by Crippen LogP contribution is 2.35. The first-order valence-electron chi connectivity index (χ1n) is 8.55. The number of nitrogens with one attached hydrogen (secondary N) is 1. The van der Waals surface area contributed by atoms with Crippen LogP contribution in [0.3, 0.4) is 0 Å². The number of rotatable bonds is 6. The molecule has 0 amide bonds. The normalized spacial score (nSPS) is 26.2. The topological polar surface area (TPSA) is 29.9 Å². The lowest BCUT2D eigenvalue weighted by Gasteiger charge is -2.36. The van der Waals surface area contributed by atoms with E-state index >= 15 is 0 Å². The quantitative estimate of drug-likeness (QED) is 0.853. The molecule has 4 heteroatoms. The molecule has 1 saturated carbocycles. The van der Waals surface area contributed by atoms with Crippen molar-refractivity contribution in [1.29, 1.82) is 0 Å². The van der Waals surface area contributed by atoms with Gasteiger partial charge in [0.2, 0.25) is 0 Å². The van der Waals surface area contributed by atoms with E-state index in [1.165, 1.54) is 31.4 Å². The van der Waals surface area contributed by atoms with E-state index in [0.29, 0.717) is 12.0 Å². The lowest BCUT2D eigenvalue weighted by molar-refractivity contribution is 0.197. The summed E-state index contributed by atoms with van der Waals surface area (Å²) in [5.74, 6) is 1.56. The Morgan fingerprint density at radius 1 is 1.29 bits per heavy atom.